The van der Waals surface area contributed by atoms with Crippen molar-refractivity contribution in [3.8, 4) is 0 Å². The largest absolute Gasteiger partial charge is 0.355 e. The molecule has 1 aliphatic carbocycles. The summed E-state index contributed by atoms with van der Waals surface area (Å²) in [5.74, 6) is 0.687. The van der Waals surface area contributed by atoms with Gasteiger partial charge in [-0.3, -0.25) is 9.59 Å². The fourth-order valence-electron chi connectivity index (χ4n) is 2.01. The fraction of sp³-hybridized carbons (Fsp3) is 0.500. The molecular formula is C16H23Cl2N3O2. The zero-order chi connectivity index (χ0) is 15.8. The summed E-state index contributed by atoms with van der Waals surface area (Å²) < 4.78 is 0. The van der Waals surface area contributed by atoms with E-state index in [-0.39, 0.29) is 24.2 Å². The van der Waals surface area contributed by atoms with Gasteiger partial charge in [0.1, 0.15) is 0 Å². The van der Waals surface area contributed by atoms with E-state index < -0.39 is 0 Å². The smallest absolute Gasteiger partial charge is 0.233 e. The molecule has 7 heteroatoms. The van der Waals surface area contributed by atoms with Gasteiger partial charge in [0, 0.05) is 23.7 Å². The number of carbonyl (C=O) groups excluding carboxylic acids is 2. The summed E-state index contributed by atoms with van der Waals surface area (Å²) in [5, 5.41) is 9.36. The first kappa shape index (κ1) is 19.7. The van der Waals surface area contributed by atoms with E-state index >= 15 is 0 Å². The van der Waals surface area contributed by atoms with Crippen molar-refractivity contribution in [1.82, 2.24) is 10.6 Å². The molecule has 1 aromatic carbocycles. The average molecular weight is 360 g/mol. The normalized spacial score (nSPS) is 13.1. The molecule has 3 N–H and O–H groups in total. The molecule has 1 aromatic rings. The predicted octanol–water partition coefficient (Wildman–Crippen LogP) is 2.60. The van der Waals surface area contributed by atoms with Crippen LogP contribution in [0.4, 0.5) is 5.69 Å². The van der Waals surface area contributed by atoms with Crippen LogP contribution >= 0.6 is 24.0 Å². The second-order valence-corrected chi connectivity index (χ2v) is 6.02. The molecule has 0 unspecified atom stereocenters. The molecule has 2 rings (SSSR count). The number of rotatable bonds is 9. The van der Waals surface area contributed by atoms with Gasteiger partial charge in [-0.15, -0.1) is 12.4 Å². The number of halogens is 2. The topological polar surface area (TPSA) is 70.2 Å². The van der Waals surface area contributed by atoms with E-state index in [1.165, 1.54) is 12.8 Å². The molecule has 1 aliphatic rings. The minimum Gasteiger partial charge on any atom is -0.355 e. The minimum atomic E-state index is -0.0663. The van der Waals surface area contributed by atoms with Crippen molar-refractivity contribution in [2.45, 2.75) is 25.7 Å². The Morgan fingerprint density at radius 3 is 2.48 bits per heavy atom. The van der Waals surface area contributed by atoms with Crippen LogP contribution in [0.25, 0.3) is 0 Å². The van der Waals surface area contributed by atoms with Gasteiger partial charge in [-0.05, 0) is 56.0 Å². The lowest BCUT2D eigenvalue weighted by atomic mass is 10.2. The number of benzene rings is 1. The molecule has 2 amide bonds. The van der Waals surface area contributed by atoms with Crippen molar-refractivity contribution >= 4 is 41.5 Å². The summed E-state index contributed by atoms with van der Waals surface area (Å²) >= 11 is 5.78. The lowest BCUT2D eigenvalue weighted by Crippen LogP contribution is -2.35. The van der Waals surface area contributed by atoms with Crippen LogP contribution in [0.5, 0.6) is 0 Å². The molecule has 0 spiro atoms. The molecule has 0 saturated heterocycles. The minimum absolute atomic E-state index is 0. The van der Waals surface area contributed by atoms with Gasteiger partial charge in [0.15, 0.2) is 0 Å². The van der Waals surface area contributed by atoms with Gasteiger partial charge in [-0.25, -0.2) is 0 Å². The quantitative estimate of drug-likeness (QED) is 0.593. The molecule has 23 heavy (non-hydrogen) atoms. The van der Waals surface area contributed by atoms with Gasteiger partial charge in [-0.1, -0.05) is 11.6 Å². The van der Waals surface area contributed by atoms with Crippen LogP contribution in [0, 0.1) is 5.92 Å². The van der Waals surface area contributed by atoms with E-state index in [9.17, 15) is 9.59 Å². The SMILES string of the molecule is Cl.O=C(CNCC1CC1)NCCCC(=O)Nc1ccc(Cl)cc1. The number of anilines is 1. The predicted molar refractivity (Wildman–Crippen MR) is 95.2 cm³/mol. The Labute approximate surface area is 148 Å². The van der Waals surface area contributed by atoms with E-state index in [4.69, 9.17) is 11.6 Å². The van der Waals surface area contributed by atoms with Crippen molar-refractivity contribution in [1.29, 1.82) is 0 Å². The number of carbonyl (C=O) groups is 2. The third-order valence-corrected chi connectivity index (χ3v) is 3.70. The Morgan fingerprint density at radius 2 is 1.83 bits per heavy atom. The van der Waals surface area contributed by atoms with E-state index in [0.717, 1.165) is 18.2 Å². The first-order chi connectivity index (χ1) is 10.6. The van der Waals surface area contributed by atoms with Crippen LogP contribution in [0.2, 0.25) is 5.02 Å². The van der Waals surface area contributed by atoms with Crippen LogP contribution in [0.3, 0.4) is 0 Å². The Balaban J connectivity index is 0.00000264. The fourth-order valence-corrected chi connectivity index (χ4v) is 2.13. The second-order valence-electron chi connectivity index (χ2n) is 5.58. The average Bonchev–Trinajstić information content (AvgIpc) is 3.30. The van der Waals surface area contributed by atoms with Crippen molar-refractivity contribution in [3.05, 3.63) is 29.3 Å². The lowest BCUT2D eigenvalue weighted by Gasteiger charge is -2.07. The van der Waals surface area contributed by atoms with Gasteiger partial charge in [0.2, 0.25) is 11.8 Å². The summed E-state index contributed by atoms with van der Waals surface area (Å²) in [7, 11) is 0. The molecule has 128 valence electrons. The highest BCUT2D eigenvalue weighted by molar-refractivity contribution is 6.30. The highest BCUT2D eigenvalue weighted by Gasteiger charge is 2.20. The summed E-state index contributed by atoms with van der Waals surface area (Å²) in [5.41, 5.74) is 0.725. The highest BCUT2D eigenvalue weighted by atomic mass is 35.5. The molecule has 5 nitrogen and oxygen atoms in total. The zero-order valence-corrected chi connectivity index (χ0v) is 14.5. The first-order valence-corrected chi connectivity index (χ1v) is 8.04. The Morgan fingerprint density at radius 1 is 1.13 bits per heavy atom. The van der Waals surface area contributed by atoms with Gasteiger partial charge >= 0.3 is 0 Å². The summed E-state index contributed by atoms with van der Waals surface area (Å²) in [6.07, 6.45) is 3.54. The van der Waals surface area contributed by atoms with Gasteiger partial charge in [0.05, 0.1) is 6.54 Å². The van der Waals surface area contributed by atoms with Gasteiger partial charge in [0.25, 0.3) is 0 Å². The zero-order valence-electron chi connectivity index (χ0n) is 12.9. The van der Waals surface area contributed by atoms with Crippen LogP contribution in [-0.4, -0.2) is 31.4 Å². The summed E-state index contributed by atoms with van der Waals surface area (Å²) in [4.78, 5) is 23.3. The van der Waals surface area contributed by atoms with Crippen molar-refractivity contribution < 1.29 is 9.59 Å². The maximum Gasteiger partial charge on any atom is 0.233 e. The molecule has 1 saturated carbocycles. The molecule has 0 heterocycles. The molecule has 0 aromatic heterocycles. The van der Waals surface area contributed by atoms with Crippen LogP contribution in [0.15, 0.2) is 24.3 Å². The van der Waals surface area contributed by atoms with Gasteiger partial charge < -0.3 is 16.0 Å². The highest BCUT2D eigenvalue weighted by Crippen LogP contribution is 2.27. The maximum absolute atomic E-state index is 11.7. The number of nitrogens with one attached hydrogen (secondary N) is 3. The summed E-state index contributed by atoms with van der Waals surface area (Å²) in [6, 6.07) is 6.97. The molecule has 0 aliphatic heterocycles. The molecule has 0 bridgehead atoms. The third kappa shape index (κ3) is 8.79. The van der Waals surface area contributed by atoms with Gasteiger partial charge in [-0.2, -0.15) is 0 Å². The molecule has 1 fully saturated rings. The molecular weight excluding hydrogens is 337 g/mol. The van der Waals surface area contributed by atoms with Crippen molar-refractivity contribution in [2.24, 2.45) is 5.92 Å². The Hall–Kier alpha value is -1.30. The number of hydrogen-bond donors (Lipinski definition) is 3. The second kappa shape index (κ2) is 10.5. The first-order valence-electron chi connectivity index (χ1n) is 7.66. The van der Waals surface area contributed by atoms with E-state index in [2.05, 4.69) is 16.0 Å². The van der Waals surface area contributed by atoms with Crippen molar-refractivity contribution in [2.75, 3.05) is 25.0 Å². The molecule has 0 radical (unpaired) electrons. The van der Waals surface area contributed by atoms with Crippen molar-refractivity contribution in [3.63, 3.8) is 0 Å². The monoisotopic (exact) mass is 359 g/mol. The van der Waals surface area contributed by atoms with E-state index in [1.54, 1.807) is 24.3 Å². The standard InChI is InChI=1S/C16H22ClN3O2.ClH/c17-13-5-7-14(8-6-13)20-15(21)2-1-9-19-16(22)11-18-10-12-3-4-12;/h5-8,12,18H,1-4,9-11H2,(H,19,22)(H,20,21);1H. The maximum atomic E-state index is 11.7. The lowest BCUT2D eigenvalue weighted by molar-refractivity contribution is -0.120. The molecule has 0 atom stereocenters. The van der Waals surface area contributed by atoms with Crippen LogP contribution < -0.4 is 16.0 Å². The Kier molecular flexibility index (Phi) is 8.99. The number of amides is 2. The Bertz CT molecular complexity index is 505. The number of hydrogen-bond acceptors (Lipinski definition) is 3. The summed E-state index contributed by atoms with van der Waals surface area (Å²) in [6.45, 7) is 1.79. The van der Waals surface area contributed by atoms with Crippen LogP contribution in [-0.2, 0) is 9.59 Å². The van der Waals surface area contributed by atoms with E-state index in [1.807, 2.05) is 0 Å². The van der Waals surface area contributed by atoms with E-state index in [0.29, 0.717) is 31.0 Å². The third-order valence-electron chi connectivity index (χ3n) is 3.45. The van der Waals surface area contributed by atoms with Crippen LogP contribution in [0.1, 0.15) is 25.7 Å².